The van der Waals surface area contributed by atoms with Crippen LogP contribution in [0.1, 0.15) is 21.5 Å². The molecule has 2 N–H and O–H groups in total. The summed E-state index contributed by atoms with van der Waals surface area (Å²) in [5.41, 5.74) is 1.08. The van der Waals surface area contributed by atoms with Crippen LogP contribution in [0.3, 0.4) is 0 Å². The third kappa shape index (κ3) is 5.64. The van der Waals surface area contributed by atoms with Gasteiger partial charge in [0.2, 0.25) is 0 Å². The fourth-order valence-corrected chi connectivity index (χ4v) is 3.39. The molecule has 0 atom stereocenters. The average molecular weight is 498 g/mol. The number of aryl methyl sites for hydroxylation is 1. The maximum absolute atomic E-state index is 14.0. The molecule has 7 nitrogen and oxygen atoms in total. The van der Waals surface area contributed by atoms with Gasteiger partial charge < -0.3 is 10.6 Å². The van der Waals surface area contributed by atoms with Crippen LogP contribution in [0.5, 0.6) is 0 Å². The van der Waals surface area contributed by atoms with Gasteiger partial charge in [0, 0.05) is 16.6 Å². The summed E-state index contributed by atoms with van der Waals surface area (Å²) in [6.45, 7) is 1.89. The molecule has 0 saturated carbocycles. The van der Waals surface area contributed by atoms with Crippen molar-refractivity contribution < 1.29 is 18.9 Å². The Bertz CT molecular complexity index is 1240. The van der Waals surface area contributed by atoms with Crippen LogP contribution in [-0.2, 0) is 4.79 Å². The van der Waals surface area contributed by atoms with E-state index < -0.39 is 22.6 Å². The average Bonchev–Trinajstić information content (AvgIpc) is 2.75. The maximum atomic E-state index is 14.0. The normalized spacial score (nSPS) is 11.0. The first-order valence-electron chi connectivity index (χ1n) is 9.34. The van der Waals surface area contributed by atoms with Crippen molar-refractivity contribution in [2.75, 3.05) is 5.32 Å². The predicted octanol–water partition coefficient (Wildman–Crippen LogP) is 5.21. The van der Waals surface area contributed by atoms with Crippen LogP contribution in [0.2, 0.25) is 0 Å². The van der Waals surface area contributed by atoms with E-state index in [0.717, 1.165) is 11.6 Å². The van der Waals surface area contributed by atoms with Crippen LogP contribution in [-0.4, -0.2) is 16.7 Å². The molecule has 0 aliphatic carbocycles. The lowest BCUT2D eigenvalue weighted by Crippen LogP contribution is -2.31. The van der Waals surface area contributed by atoms with Crippen molar-refractivity contribution in [3.8, 4) is 0 Å². The van der Waals surface area contributed by atoms with Gasteiger partial charge in [0.15, 0.2) is 0 Å². The van der Waals surface area contributed by atoms with Crippen molar-refractivity contribution in [2.45, 2.75) is 6.92 Å². The number of non-ortho nitro benzene ring substituents is 1. The second kappa shape index (κ2) is 9.97. The van der Waals surface area contributed by atoms with Crippen LogP contribution >= 0.6 is 15.9 Å². The number of hydrogen-bond acceptors (Lipinski definition) is 4. The first-order valence-corrected chi connectivity index (χ1v) is 10.1. The van der Waals surface area contributed by atoms with Crippen molar-refractivity contribution in [3.63, 3.8) is 0 Å². The Balaban J connectivity index is 1.97. The number of nitro groups is 1. The number of halogens is 2. The molecule has 0 fully saturated rings. The van der Waals surface area contributed by atoms with E-state index in [1.165, 1.54) is 48.5 Å². The number of carbonyl (C=O) groups is 2. The Morgan fingerprint density at radius 2 is 1.81 bits per heavy atom. The van der Waals surface area contributed by atoms with Gasteiger partial charge in [0.05, 0.1) is 16.2 Å². The summed E-state index contributed by atoms with van der Waals surface area (Å²) in [6, 6.07) is 16.2. The highest BCUT2D eigenvalue weighted by atomic mass is 79.9. The zero-order valence-electron chi connectivity index (χ0n) is 16.8. The van der Waals surface area contributed by atoms with Crippen LogP contribution in [0.4, 0.5) is 15.8 Å². The molecular formula is C23H17BrFN3O4. The van der Waals surface area contributed by atoms with E-state index in [0.29, 0.717) is 15.7 Å². The van der Waals surface area contributed by atoms with Gasteiger partial charge in [-0.3, -0.25) is 19.7 Å². The summed E-state index contributed by atoms with van der Waals surface area (Å²) in [5.74, 6) is -2.27. The van der Waals surface area contributed by atoms with Crippen LogP contribution in [0, 0.1) is 22.9 Å². The molecule has 0 aliphatic heterocycles. The van der Waals surface area contributed by atoms with Gasteiger partial charge in [-0.1, -0.05) is 30.3 Å². The first kappa shape index (κ1) is 22.8. The lowest BCUT2D eigenvalue weighted by molar-refractivity contribution is -0.384. The van der Waals surface area contributed by atoms with Gasteiger partial charge in [-0.25, -0.2) is 4.39 Å². The van der Waals surface area contributed by atoms with E-state index in [1.54, 1.807) is 18.2 Å². The first-order chi connectivity index (χ1) is 15.2. The molecule has 162 valence electrons. The highest BCUT2D eigenvalue weighted by molar-refractivity contribution is 9.10. The van der Waals surface area contributed by atoms with E-state index in [2.05, 4.69) is 26.6 Å². The molecule has 0 heterocycles. The van der Waals surface area contributed by atoms with Gasteiger partial charge in [-0.2, -0.15) is 0 Å². The smallest absolute Gasteiger partial charge is 0.272 e. The van der Waals surface area contributed by atoms with Crippen LogP contribution < -0.4 is 10.6 Å². The van der Waals surface area contributed by atoms with E-state index >= 15 is 0 Å². The maximum Gasteiger partial charge on any atom is 0.272 e. The van der Waals surface area contributed by atoms with Crippen LogP contribution in [0.25, 0.3) is 6.08 Å². The van der Waals surface area contributed by atoms with Gasteiger partial charge >= 0.3 is 0 Å². The second-order valence-corrected chi connectivity index (χ2v) is 7.64. The number of nitrogens with one attached hydrogen (secondary N) is 2. The largest absolute Gasteiger partial charge is 0.320 e. The quantitative estimate of drug-likeness (QED) is 0.277. The second-order valence-electron chi connectivity index (χ2n) is 6.78. The topological polar surface area (TPSA) is 101 Å². The fourth-order valence-electron chi connectivity index (χ4n) is 2.80. The van der Waals surface area contributed by atoms with E-state index in [-0.39, 0.29) is 16.9 Å². The summed E-state index contributed by atoms with van der Waals surface area (Å²) in [7, 11) is 0. The Labute approximate surface area is 191 Å². The van der Waals surface area contributed by atoms with Crippen LogP contribution in [0.15, 0.2) is 76.9 Å². The monoisotopic (exact) mass is 497 g/mol. The van der Waals surface area contributed by atoms with E-state index in [1.807, 2.05) is 6.92 Å². The molecule has 0 aromatic heterocycles. The Kier molecular flexibility index (Phi) is 7.11. The SMILES string of the molecule is Cc1ccc(NC(=O)C(=Cc2cccc([N+](=O)[O-])c2)NC(=O)c2ccccc2F)c(Br)c1. The number of benzene rings is 3. The molecule has 0 aliphatic rings. The minimum absolute atomic E-state index is 0.180. The minimum atomic E-state index is -0.835. The minimum Gasteiger partial charge on any atom is -0.320 e. The Morgan fingerprint density at radius 3 is 2.50 bits per heavy atom. The number of carbonyl (C=O) groups excluding carboxylic acids is 2. The molecule has 9 heteroatoms. The summed E-state index contributed by atoms with van der Waals surface area (Å²) in [5, 5.41) is 16.1. The lowest BCUT2D eigenvalue weighted by Gasteiger charge is -2.13. The molecule has 2 amide bonds. The van der Waals surface area contributed by atoms with Gasteiger partial charge in [0.25, 0.3) is 17.5 Å². The third-order valence-corrected chi connectivity index (χ3v) is 5.03. The molecule has 32 heavy (non-hydrogen) atoms. The zero-order valence-corrected chi connectivity index (χ0v) is 18.4. The number of nitro benzene ring substituents is 1. The number of amides is 2. The zero-order chi connectivity index (χ0) is 23.3. The molecule has 0 unspecified atom stereocenters. The van der Waals surface area contributed by atoms with Crippen molar-refractivity contribution in [1.29, 1.82) is 0 Å². The van der Waals surface area contributed by atoms with Gasteiger partial charge in [-0.05, 0) is 64.3 Å². The summed E-state index contributed by atoms with van der Waals surface area (Å²) >= 11 is 3.37. The molecule has 3 rings (SSSR count). The fraction of sp³-hybridized carbons (Fsp3) is 0.0435. The number of nitrogens with zero attached hydrogens (tertiary/aromatic N) is 1. The van der Waals surface area contributed by atoms with Gasteiger partial charge in [0.1, 0.15) is 11.5 Å². The summed E-state index contributed by atoms with van der Waals surface area (Å²) < 4.78 is 14.7. The summed E-state index contributed by atoms with van der Waals surface area (Å²) in [6.07, 6.45) is 1.28. The molecule has 0 bridgehead atoms. The third-order valence-electron chi connectivity index (χ3n) is 4.38. The molecule has 3 aromatic carbocycles. The van der Waals surface area contributed by atoms with Crippen molar-refractivity contribution in [1.82, 2.24) is 5.32 Å². The summed E-state index contributed by atoms with van der Waals surface area (Å²) in [4.78, 5) is 36.1. The van der Waals surface area contributed by atoms with Crippen molar-refractivity contribution >= 4 is 45.2 Å². The Hall–Kier alpha value is -3.85. The molecule has 3 aromatic rings. The van der Waals surface area contributed by atoms with Gasteiger partial charge in [-0.15, -0.1) is 0 Å². The standard InChI is InChI=1S/C23H17BrFN3O4/c1-14-9-10-20(18(24)11-14)26-23(30)21(13-15-5-4-6-16(12-15)28(31)32)27-22(29)17-7-2-3-8-19(17)25/h2-13H,1H3,(H,26,30)(H,27,29). The molecular weight excluding hydrogens is 481 g/mol. The van der Waals surface area contributed by atoms with E-state index in [9.17, 15) is 24.1 Å². The van der Waals surface area contributed by atoms with Crippen molar-refractivity contribution in [3.05, 3.63) is 110 Å². The highest BCUT2D eigenvalue weighted by Gasteiger charge is 2.18. The molecule has 0 spiro atoms. The molecule has 0 radical (unpaired) electrons. The van der Waals surface area contributed by atoms with Crippen molar-refractivity contribution in [2.24, 2.45) is 0 Å². The predicted molar refractivity (Wildman–Crippen MR) is 122 cm³/mol. The Morgan fingerprint density at radius 1 is 1.06 bits per heavy atom. The number of anilines is 1. The number of hydrogen-bond donors (Lipinski definition) is 2. The van der Waals surface area contributed by atoms with E-state index in [4.69, 9.17) is 0 Å². The molecule has 0 saturated heterocycles. The lowest BCUT2D eigenvalue weighted by atomic mass is 10.1. The highest BCUT2D eigenvalue weighted by Crippen LogP contribution is 2.24. The number of rotatable bonds is 6.